The highest BCUT2D eigenvalue weighted by Gasteiger charge is 2.12. The van der Waals surface area contributed by atoms with E-state index >= 15 is 0 Å². The maximum absolute atomic E-state index is 12.0. The third kappa shape index (κ3) is 2.18. The number of hydrogen-bond donors (Lipinski definition) is 1. The quantitative estimate of drug-likeness (QED) is 0.744. The first kappa shape index (κ1) is 12.5. The molecule has 0 spiro atoms. The molecule has 5 heteroatoms. The number of hydrogen-bond acceptors (Lipinski definition) is 3. The summed E-state index contributed by atoms with van der Waals surface area (Å²) in [5, 5.41) is 6.75. The number of carbonyl (C=O) groups excluding carboxylic acids is 1. The zero-order chi connectivity index (χ0) is 14.1. The van der Waals surface area contributed by atoms with Gasteiger partial charge < -0.3 is 9.14 Å². The number of nitrogens with one attached hydrogen (secondary N) is 1. The van der Waals surface area contributed by atoms with Crippen LogP contribution in [0.1, 0.15) is 24.2 Å². The maximum Gasteiger partial charge on any atom is 0.338 e. The molecule has 0 bridgehead atoms. The molecule has 0 aliphatic rings. The number of aromatic nitrogens is 3. The first-order valence-electron chi connectivity index (χ1n) is 6.46. The lowest BCUT2D eigenvalue weighted by Crippen LogP contribution is -2.11. The van der Waals surface area contributed by atoms with Crippen LogP contribution < -0.4 is 0 Å². The van der Waals surface area contributed by atoms with E-state index in [9.17, 15) is 4.79 Å². The highest BCUT2D eigenvalue weighted by atomic mass is 16.5. The van der Waals surface area contributed by atoms with E-state index in [1.807, 2.05) is 49.0 Å². The summed E-state index contributed by atoms with van der Waals surface area (Å²) in [6, 6.07) is 5.60. The van der Waals surface area contributed by atoms with Gasteiger partial charge in [-0.25, -0.2) is 4.79 Å². The molecule has 0 fully saturated rings. The van der Waals surface area contributed by atoms with Gasteiger partial charge in [-0.2, -0.15) is 5.10 Å². The molecule has 0 saturated carbocycles. The van der Waals surface area contributed by atoms with Gasteiger partial charge in [-0.1, -0.05) is 0 Å². The van der Waals surface area contributed by atoms with Gasteiger partial charge in [-0.3, -0.25) is 5.10 Å². The largest absolute Gasteiger partial charge is 0.459 e. The minimum absolute atomic E-state index is 0.126. The average molecular weight is 269 g/mol. The third-order valence-electron chi connectivity index (χ3n) is 3.05. The molecule has 102 valence electrons. The van der Waals surface area contributed by atoms with Crippen molar-refractivity contribution in [3.8, 4) is 11.1 Å². The molecule has 3 aromatic rings. The minimum atomic E-state index is -0.304. The Balaban J connectivity index is 2.06. The van der Waals surface area contributed by atoms with Crippen LogP contribution in [0.4, 0.5) is 0 Å². The molecule has 0 aromatic carbocycles. The lowest BCUT2D eigenvalue weighted by atomic mass is 10.1. The number of ether oxygens (including phenoxy) is 1. The molecule has 20 heavy (non-hydrogen) atoms. The zero-order valence-corrected chi connectivity index (χ0v) is 11.3. The fourth-order valence-electron chi connectivity index (χ4n) is 2.15. The Morgan fingerprint density at radius 3 is 2.85 bits per heavy atom. The summed E-state index contributed by atoms with van der Waals surface area (Å²) in [6.07, 6.45) is 7.27. The Kier molecular flexibility index (Phi) is 3.02. The summed E-state index contributed by atoms with van der Waals surface area (Å²) in [5.74, 6) is -0.304. The molecule has 3 aromatic heterocycles. The van der Waals surface area contributed by atoms with Crippen LogP contribution in [0.5, 0.6) is 0 Å². The van der Waals surface area contributed by atoms with Crippen LogP contribution in [0.3, 0.4) is 0 Å². The smallest absolute Gasteiger partial charge is 0.338 e. The van der Waals surface area contributed by atoms with Gasteiger partial charge in [0.2, 0.25) is 0 Å². The fourth-order valence-corrected chi connectivity index (χ4v) is 2.15. The van der Waals surface area contributed by atoms with E-state index in [0.717, 1.165) is 16.6 Å². The molecular weight excluding hydrogens is 254 g/mol. The van der Waals surface area contributed by atoms with Gasteiger partial charge in [0.25, 0.3) is 0 Å². The van der Waals surface area contributed by atoms with E-state index in [2.05, 4.69) is 10.2 Å². The summed E-state index contributed by atoms with van der Waals surface area (Å²) in [7, 11) is 0. The first-order valence-corrected chi connectivity index (χ1v) is 6.46. The minimum Gasteiger partial charge on any atom is -0.459 e. The summed E-state index contributed by atoms with van der Waals surface area (Å²) in [5.41, 5.74) is 3.51. The number of pyridine rings is 1. The van der Waals surface area contributed by atoms with E-state index in [1.54, 1.807) is 12.3 Å². The predicted octanol–water partition coefficient (Wildman–Crippen LogP) is 2.89. The van der Waals surface area contributed by atoms with Crippen molar-refractivity contribution in [3.63, 3.8) is 0 Å². The molecule has 0 radical (unpaired) electrons. The maximum atomic E-state index is 12.0. The highest BCUT2D eigenvalue weighted by molar-refractivity contribution is 5.93. The number of aromatic amines is 1. The number of fused-ring (bicyclic) bond motifs is 1. The lowest BCUT2D eigenvalue weighted by molar-refractivity contribution is 0.0378. The average Bonchev–Trinajstić information content (AvgIpc) is 3.05. The zero-order valence-electron chi connectivity index (χ0n) is 11.3. The monoisotopic (exact) mass is 269 g/mol. The van der Waals surface area contributed by atoms with Crippen molar-refractivity contribution in [2.75, 3.05) is 0 Å². The normalized spacial score (nSPS) is 11.2. The first-order chi connectivity index (χ1) is 9.65. The molecule has 3 rings (SSSR count). The van der Waals surface area contributed by atoms with Gasteiger partial charge >= 0.3 is 5.97 Å². The van der Waals surface area contributed by atoms with E-state index in [1.165, 1.54) is 0 Å². The van der Waals surface area contributed by atoms with Gasteiger partial charge in [0.15, 0.2) is 0 Å². The van der Waals surface area contributed by atoms with Crippen molar-refractivity contribution in [2.45, 2.75) is 20.0 Å². The van der Waals surface area contributed by atoms with Crippen molar-refractivity contribution in [1.29, 1.82) is 0 Å². The molecule has 0 aliphatic carbocycles. The summed E-state index contributed by atoms with van der Waals surface area (Å²) in [6.45, 7) is 3.68. The molecule has 0 unspecified atom stereocenters. The number of carbonyl (C=O) groups is 1. The van der Waals surface area contributed by atoms with Crippen LogP contribution in [0.15, 0.2) is 43.0 Å². The summed E-state index contributed by atoms with van der Waals surface area (Å²) < 4.78 is 7.19. The molecule has 0 atom stereocenters. The Morgan fingerprint density at radius 2 is 2.15 bits per heavy atom. The standard InChI is InChI=1S/C15H15N3O2/c1-10(2)20-15(19)11-3-5-18-6-4-13(14(18)7-11)12-8-16-17-9-12/h3-10H,1-2H3,(H,16,17). The molecule has 0 aliphatic heterocycles. The van der Waals surface area contributed by atoms with Crippen LogP contribution in [0, 0.1) is 0 Å². The van der Waals surface area contributed by atoms with Crippen LogP contribution in [0.2, 0.25) is 0 Å². The van der Waals surface area contributed by atoms with Gasteiger partial charge in [0.05, 0.1) is 23.4 Å². The Labute approximate surface area is 116 Å². The highest BCUT2D eigenvalue weighted by Crippen LogP contribution is 2.25. The van der Waals surface area contributed by atoms with Crippen molar-refractivity contribution in [1.82, 2.24) is 14.6 Å². The summed E-state index contributed by atoms with van der Waals surface area (Å²) in [4.78, 5) is 12.0. The van der Waals surface area contributed by atoms with Crippen molar-refractivity contribution in [3.05, 3.63) is 48.5 Å². The van der Waals surface area contributed by atoms with Gasteiger partial charge in [0, 0.05) is 29.7 Å². The number of nitrogens with zero attached hydrogens (tertiary/aromatic N) is 2. The Hall–Kier alpha value is -2.56. The van der Waals surface area contributed by atoms with Crippen LogP contribution in [0.25, 0.3) is 16.6 Å². The molecule has 0 saturated heterocycles. The van der Waals surface area contributed by atoms with Gasteiger partial charge in [-0.05, 0) is 32.0 Å². The van der Waals surface area contributed by atoms with Crippen LogP contribution in [-0.2, 0) is 4.74 Å². The molecule has 0 amide bonds. The number of rotatable bonds is 3. The molecule has 3 heterocycles. The van der Waals surface area contributed by atoms with Gasteiger partial charge in [0.1, 0.15) is 0 Å². The summed E-state index contributed by atoms with van der Waals surface area (Å²) >= 11 is 0. The van der Waals surface area contributed by atoms with E-state index < -0.39 is 0 Å². The SMILES string of the molecule is CC(C)OC(=O)c1ccn2ccc(-c3cn[nH]c3)c2c1. The molecular formula is C15H15N3O2. The molecule has 5 nitrogen and oxygen atoms in total. The Morgan fingerprint density at radius 1 is 1.35 bits per heavy atom. The van der Waals surface area contributed by atoms with Crippen LogP contribution in [-0.4, -0.2) is 26.7 Å². The van der Waals surface area contributed by atoms with Crippen molar-refractivity contribution >= 4 is 11.5 Å². The lowest BCUT2D eigenvalue weighted by Gasteiger charge is -2.08. The van der Waals surface area contributed by atoms with Gasteiger partial charge in [-0.15, -0.1) is 0 Å². The second-order valence-electron chi connectivity index (χ2n) is 4.88. The van der Waals surface area contributed by atoms with Crippen LogP contribution >= 0.6 is 0 Å². The number of H-pyrrole nitrogens is 1. The fraction of sp³-hybridized carbons (Fsp3) is 0.200. The van der Waals surface area contributed by atoms with E-state index in [4.69, 9.17) is 4.74 Å². The van der Waals surface area contributed by atoms with E-state index in [-0.39, 0.29) is 12.1 Å². The number of esters is 1. The van der Waals surface area contributed by atoms with E-state index in [0.29, 0.717) is 5.56 Å². The predicted molar refractivity (Wildman–Crippen MR) is 75.5 cm³/mol. The Bertz CT molecular complexity index is 742. The third-order valence-corrected chi connectivity index (χ3v) is 3.05. The second-order valence-corrected chi connectivity index (χ2v) is 4.88. The molecule has 1 N–H and O–H groups in total. The van der Waals surface area contributed by atoms with Crippen molar-refractivity contribution < 1.29 is 9.53 Å². The second kappa shape index (κ2) is 4.85. The topological polar surface area (TPSA) is 59.4 Å². The van der Waals surface area contributed by atoms with Crippen molar-refractivity contribution in [2.24, 2.45) is 0 Å².